The molecule has 1 atom stereocenters. The molecule has 6 heteroatoms. The van der Waals surface area contributed by atoms with Gasteiger partial charge in [-0.3, -0.25) is 4.99 Å². The van der Waals surface area contributed by atoms with Crippen LogP contribution in [-0.2, 0) is 17.8 Å². The van der Waals surface area contributed by atoms with Crippen LogP contribution in [0.25, 0.3) is 0 Å². The van der Waals surface area contributed by atoms with Crippen LogP contribution in [0.2, 0.25) is 0 Å². The molecule has 5 nitrogen and oxygen atoms in total. The van der Waals surface area contributed by atoms with Crippen LogP contribution < -0.4 is 10.6 Å². The molecule has 0 saturated carbocycles. The molecule has 0 aliphatic heterocycles. The van der Waals surface area contributed by atoms with Crippen LogP contribution in [0, 0.1) is 11.2 Å². The molecule has 25 heavy (non-hydrogen) atoms. The number of nitrogens with one attached hydrogen (secondary N) is 2. The monoisotopic (exact) mass is 352 g/mol. The first-order valence-corrected chi connectivity index (χ1v) is 8.56. The molecular weight excluding hydrogens is 319 g/mol. The topological polar surface area (TPSA) is 48.9 Å². The van der Waals surface area contributed by atoms with Gasteiger partial charge in [0.05, 0.1) is 6.10 Å². The van der Waals surface area contributed by atoms with Crippen molar-refractivity contribution < 1.29 is 9.13 Å². The Morgan fingerprint density at radius 3 is 2.48 bits per heavy atom. The predicted molar refractivity (Wildman–Crippen MR) is 102 cm³/mol. The van der Waals surface area contributed by atoms with Crippen molar-refractivity contribution in [2.24, 2.45) is 10.4 Å². The van der Waals surface area contributed by atoms with Gasteiger partial charge in [-0.25, -0.2) is 4.39 Å². The van der Waals surface area contributed by atoms with Crippen molar-refractivity contribution in [3.63, 3.8) is 0 Å². The Morgan fingerprint density at radius 2 is 1.96 bits per heavy atom. The Kier molecular flexibility index (Phi) is 8.32. The number of halogens is 1. The number of rotatable bonds is 7. The van der Waals surface area contributed by atoms with Crippen molar-refractivity contribution >= 4 is 5.96 Å². The third kappa shape index (κ3) is 7.40. The molecular formula is C19H33FN4O. The number of hydrogen-bond donors (Lipinski definition) is 2. The van der Waals surface area contributed by atoms with E-state index in [1.807, 2.05) is 25.1 Å². The highest BCUT2D eigenvalue weighted by Gasteiger charge is 2.24. The van der Waals surface area contributed by atoms with Crippen LogP contribution in [0.15, 0.2) is 23.2 Å². The molecule has 1 aromatic carbocycles. The molecule has 1 rings (SSSR count). The van der Waals surface area contributed by atoms with Crippen LogP contribution in [0.5, 0.6) is 0 Å². The zero-order chi connectivity index (χ0) is 19.0. The second-order valence-corrected chi connectivity index (χ2v) is 7.56. The first-order chi connectivity index (χ1) is 11.7. The Labute approximate surface area is 151 Å². The summed E-state index contributed by atoms with van der Waals surface area (Å²) in [5.41, 5.74) is 1.75. The highest BCUT2D eigenvalue weighted by Crippen LogP contribution is 2.20. The lowest BCUT2D eigenvalue weighted by Gasteiger charge is -2.30. The summed E-state index contributed by atoms with van der Waals surface area (Å²) in [6, 6.07) is 5.21. The Morgan fingerprint density at radius 1 is 1.28 bits per heavy atom. The minimum Gasteiger partial charge on any atom is -0.379 e. The molecule has 1 aromatic rings. The van der Waals surface area contributed by atoms with Gasteiger partial charge in [0, 0.05) is 39.4 Å². The molecule has 0 aliphatic rings. The van der Waals surface area contributed by atoms with Gasteiger partial charge in [-0.05, 0) is 37.2 Å². The van der Waals surface area contributed by atoms with E-state index in [-0.39, 0.29) is 17.3 Å². The largest absolute Gasteiger partial charge is 0.379 e. The maximum absolute atomic E-state index is 13.9. The maximum Gasteiger partial charge on any atom is 0.191 e. The minimum atomic E-state index is -0.173. The molecule has 0 heterocycles. The van der Waals surface area contributed by atoms with Gasteiger partial charge in [0.25, 0.3) is 0 Å². The van der Waals surface area contributed by atoms with E-state index in [9.17, 15) is 4.39 Å². The summed E-state index contributed by atoms with van der Waals surface area (Å²) in [5.74, 6) is 0.526. The second-order valence-electron chi connectivity index (χ2n) is 7.56. The zero-order valence-electron chi connectivity index (χ0n) is 16.6. The van der Waals surface area contributed by atoms with Gasteiger partial charge in [0.1, 0.15) is 5.82 Å². The van der Waals surface area contributed by atoms with E-state index in [1.54, 1.807) is 20.2 Å². The standard InChI is InChI=1S/C19H33FN4O/c1-19(2,3)17(25-7)12-23-18(21-4)22-11-14-8-9-16(20)15(10-14)13-24(5)6/h8-10,17H,11-13H2,1-7H3,(H2,21,22,23). The average molecular weight is 352 g/mol. The van der Waals surface area contributed by atoms with Gasteiger partial charge < -0.3 is 20.3 Å². The summed E-state index contributed by atoms with van der Waals surface area (Å²) < 4.78 is 19.4. The smallest absolute Gasteiger partial charge is 0.191 e. The Hall–Kier alpha value is -1.66. The summed E-state index contributed by atoms with van der Waals surface area (Å²) in [7, 11) is 7.31. The molecule has 0 spiro atoms. The molecule has 0 amide bonds. The summed E-state index contributed by atoms with van der Waals surface area (Å²) in [6.45, 7) is 8.24. The van der Waals surface area contributed by atoms with Crippen LogP contribution >= 0.6 is 0 Å². The zero-order valence-corrected chi connectivity index (χ0v) is 16.6. The van der Waals surface area contributed by atoms with Crippen molar-refractivity contribution in [3.05, 3.63) is 35.1 Å². The van der Waals surface area contributed by atoms with Crippen molar-refractivity contribution in [2.45, 2.75) is 40.0 Å². The Bertz CT molecular complexity index is 567. The first kappa shape index (κ1) is 21.4. The summed E-state index contributed by atoms with van der Waals surface area (Å²) in [6.07, 6.45) is 0.0727. The SMILES string of the molecule is CN=C(NCc1ccc(F)c(CN(C)C)c1)NCC(OC)C(C)(C)C. The Balaban J connectivity index is 2.63. The molecule has 0 radical (unpaired) electrons. The second kappa shape index (κ2) is 9.73. The van der Waals surface area contributed by atoms with Crippen LogP contribution in [0.3, 0.4) is 0 Å². The fourth-order valence-electron chi connectivity index (χ4n) is 2.54. The average Bonchev–Trinajstić information content (AvgIpc) is 2.52. The van der Waals surface area contributed by atoms with Gasteiger partial charge >= 0.3 is 0 Å². The molecule has 0 aliphatic carbocycles. The minimum absolute atomic E-state index is 0.0403. The number of methoxy groups -OCH3 is 1. The van der Waals surface area contributed by atoms with Gasteiger partial charge in [-0.1, -0.05) is 26.8 Å². The fourth-order valence-corrected chi connectivity index (χ4v) is 2.54. The third-order valence-corrected chi connectivity index (χ3v) is 3.99. The number of ether oxygens (including phenoxy) is 1. The number of guanidine groups is 1. The van der Waals surface area contributed by atoms with Crippen LogP contribution in [0.1, 0.15) is 31.9 Å². The van der Waals surface area contributed by atoms with E-state index in [0.717, 1.165) is 5.56 Å². The van der Waals surface area contributed by atoms with E-state index in [4.69, 9.17) is 4.74 Å². The van der Waals surface area contributed by atoms with Gasteiger partial charge in [-0.15, -0.1) is 0 Å². The number of nitrogens with zero attached hydrogens (tertiary/aromatic N) is 2. The van der Waals surface area contributed by atoms with Crippen LogP contribution in [0.4, 0.5) is 4.39 Å². The quantitative estimate of drug-likeness (QED) is 0.585. The summed E-state index contributed by atoms with van der Waals surface area (Å²) in [5, 5.41) is 6.55. The van der Waals surface area contributed by atoms with E-state index >= 15 is 0 Å². The van der Waals surface area contributed by atoms with E-state index in [1.165, 1.54) is 6.07 Å². The van der Waals surface area contributed by atoms with Crippen molar-refractivity contribution in [3.8, 4) is 0 Å². The maximum atomic E-state index is 13.9. The number of aliphatic imine (C=N–C) groups is 1. The van der Waals surface area contributed by atoms with Crippen molar-refractivity contribution in [1.29, 1.82) is 0 Å². The van der Waals surface area contributed by atoms with Gasteiger partial charge in [0.2, 0.25) is 0 Å². The highest BCUT2D eigenvalue weighted by molar-refractivity contribution is 5.79. The lowest BCUT2D eigenvalue weighted by atomic mass is 9.89. The molecule has 0 saturated heterocycles. The fraction of sp³-hybridized carbons (Fsp3) is 0.632. The summed E-state index contributed by atoms with van der Waals surface area (Å²) in [4.78, 5) is 6.19. The third-order valence-electron chi connectivity index (χ3n) is 3.99. The van der Waals surface area contributed by atoms with E-state index in [0.29, 0.717) is 31.2 Å². The molecule has 2 N–H and O–H groups in total. The predicted octanol–water partition coefficient (Wildman–Crippen LogP) is 2.61. The van der Waals surface area contributed by atoms with Crippen LogP contribution in [-0.4, -0.2) is 51.8 Å². The summed E-state index contributed by atoms with van der Waals surface area (Å²) >= 11 is 0. The highest BCUT2D eigenvalue weighted by atomic mass is 19.1. The molecule has 1 unspecified atom stereocenters. The van der Waals surface area contributed by atoms with Gasteiger partial charge in [-0.2, -0.15) is 0 Å². The van der Waals surface area contributed by atoms with Crippen molar-refractivity contribution in [1.82, 2.24) is 15.5 Å². The van der Waals surface area contributed by atoms with E-state index in [2.05, 4.69) is 36.4 Å². The normalized spacial score (nSPS) is 13.9. The first-order valence-electron chi connectivity index (χ1n) is 8.56. The van der Waals surface area contributed by atoms with Crippen molar-refractivity contribution in [2.75, 3.05) is 34.8 Å². The lowest BCUT2D eigenvalue weighted by molar-refractivity contribution is 0.0205. The molecule has 0 bridgehead atoms. The molecule has 142 valence electrons. The number of hydrogen-bond acceptors (Lipinski definition) is 3. The lowest BCUT2D eigenvalue weighted by Crippen LogP contribution is -2.45. The number of benzene rings is 1. The molecule has 0 fully saturated rings. The van der Waals surface area contributed by atoms with Gasteiger partial charge in [0.15, 0.2) is 5.96 Å². The van der Waals surface area contributed by atoms with E-state index < -0.39 is 0 Å². The molecule has 0 aromatic heterocycles.